The predicted octanol–water partition coefficient (Wildman–Crippen LogP) is 3.37. The third-order valence-corrected chi connectivity index (χ3v) is 3.54. The summed E-state index contributed by atoms with van der Waals surface area (Å²) in [5, 5.41) is 0.449. The van der Waals surface area contributed by atoms with Crippen LogP contribution in [0.5, 0.6) is 5.75 Å². The Bertz CT molecular complexity index is 679. The number of carbonyl (C=O) groups is 1. The Morgan fingerprint density at radius 3 is 2.67 bits per heavy atom. The van der Waals surface area contributed by atoms with E-state index in [0.29, 0.717) is 22.0 Å². The summed E-state index contributed by atoms with van der Waals surface area (Å²) in [7, 11) is 1.61. The average Bonchev–Trinajstić information content (AvgIpc) is 2.41. The zero-order valence-corrected chi connectivity index (χ0v) is 13.0. The van der Waals surface area contributed by atoms with Gasteiger partial charge in [0.1, 0.15) is 5.75 Å². The van der Waals surface area contributed by atoms with Crippen molar-refractivity contribution in [3.63, 3.8) is 0 Å². The zero-order valence-electron chi connectivity index (χ0n) is 12.2. The van der Waals surface area contributed by atoms with Crippen LogP contribution in [0.2, 0.25) is 5.02 Å². The highest BCUT2D eigenvalue weighted by molar-refractivity contribution is 6.31. The van der Waals surface area contributed by atoms with E-state index in [9.17, 15) is 4.79 Å². The van der Waals surface area contributed by atoms with E-state index < -0.39 is 0 Å². The van der Waals surface area contributed by atoms with Gasteiger partial charge in [0.05, 0.1) is 19.2 Å². The molecule has 0 amide bonds. The number of anilines is 1. The van der Waals surface area contributed by atoms with Gasteiger partial charge in [-0.15, -0.1) is 0 Å². The normalized spacial score (nSPS) is 10.5. The number of hydrogen-bond acceptors (Lipinski definition) is 4. The molecule has 0 bridgehead atoms. The largest absolute Gasteiger partial charge is 0.496 e. The minimum absolute atomic E-state index is 0.0780. The van der Waals surface area contributed by atoms with Crippen molar-refractivity contribution in [3.8, 4) is 5.75 Å². The van der Waals surface area contributed by atoms with E-state index in [1.54, 1.807) is 31.5 Å². The second-order valence-electron chi connectivity index (χ2n) is 4.92. The second kappa shape index (κ2) is 6.14. The van der Waals surface area contributed by atoms with Gasteiger partial charge in [-0.05, 0) is 32.0 Å². The number of methoxy groups -OCH3 is 1. The van der Waals surface area contributed by atoms with E-state index in [2.05, 4.69) is 4.98 Å². The lowest BCUT2D eigenvalue weighted by Crippen LogP contribution is -2.08. The maximum atomic E-state index is 12.4. The Labute approximate surface area is 128 Å². The maximum Gasteiger partial charge on any atom is 0.168 e. The fourth-order valence-electron chi connectivity index (χ4n) is 2.28. The summed E-state index contributed by atoms with van der Waals surface area (Å²) < 4.78 is 5.35. The van der Waals surface area contributed by atoms with Gasteiger partial charge in [0, 0.05) is 33.6 Å². The van der Waals surface area contributed by atoms with Crippen molar-refractivity contribution in [1.82, 2.24) is 4.98 Å². The van der Waals surface area contributed by atoms with Crippen molar-refractivity contribution in [2.75, 3.05) is 12.8 Å². The third-order valence-electron chi connectivity index (χ3n) is 3.32. The molecule has 21 heavy (non-hydrogen) atoms. The molecule has 5 heteroatoms. The van der Waals surface area contributed by atoms with Crippen molar-refractivity contribution >= 4 is 23.1 Å². The van der Waals surface area contributed by atoms with Crippen LogP contribution in [0.3, 0.4) is 0 Å². The molecule has 0 saturated carbocycles. The molecule has 1 heterocycles. The number of ketones is 1. The number of aryl methyl sites for hydroxylation is 1. The minimum Gasteiger partial charge on any atom is -0.496 e. The zero-order chi connectivity index (χ0) is 15.6. The van der Waals surface area contributed by atoms with Crippen LogP contribution in [0.25, 0.3) is 0 Å². The minimum atomic E-state index is -0.0780. The first-order chi connectivity index (χ1) is 9.92. The number of nitrogens with zero attached hydrogens (tertiary/aromatic N) is 1. The average molecular weight is 305 g/mol. The molecule has 0 aliphatic rings. The number of benzene rings is 1. The smallest absolute Gasteiger partial charge is 0.168 e. The number of carbonyl (C=O) groups excluding carboxylic acids is 1. The number of hydrogen-bond donors (Lipinski definition) is 1. The Hall–Kier alpha value is -2.07. The predicted molar refractivity (Wildman–Crippen MR) is 84.2 cm³/mol. The SMILES string of the molecule is COc1c(C)cnc(CC(=O)c2cc(N)cc(Cl)c2)c1C. The monoisotopic (exact) mass is 304 g/mol. The van der Waals surface area contributed by atoms with Gasteiger partial charge in [-0.1, -0.05) is 11.6 Å². The first kappa shape index (κ1) is 15.3. The number of ether oxygens (including phenoxy) is 1. The molecule has 0 saturated heterocycles. The third kappa shape index (κ3) is 3.34. The van der Waals surface area contributed by atoms with E-state index in [-0.39, 0.29) is 12.2 Å². The first-order valence-electron chi connectivity index (χ1n) is 6.50. The van der Waals surface area contributed by atoms with Crippen molar-refractivity contribution in [3.05, 3.63) is 51.8 Å². The number of nitrogen functional groups attached to an aromatic ring is 1. The van der Waals surface area contributed by atoms with Crippen LogP contribution in [-0.4, -0.2) is 17.9 Å². The van der Waals surface area contributed by atoms with E-state index in [1.165, 1.54) is 0 Å². The summed E-state index contributed by atoms with van der Waals surface area (Å²) >= 11 is 5.93. The van der Waals surface area contributed by atoms with Gasteiger partial charge < -0.3 is 10.5 Å². The molecule has 0 aliphatic carbocycles. The van der Waals surface area contributed by atoms with Crippen LogP contribution < -0.4 is 10.5 Å². The molecule has 0 radical (unpaired) electrons. The standard InChI is InChI=1S/C16H17ClN2O2/c1-9-8-19-14(10(2)16(9)21-3)7-15(20)11-4-12(17)6-13(18)5-11/h4-6,8H,7,18H2,1-3H3. The molecule has 0 atom stereocenters. The van der Waals surface area contributed by atoms with Gasteiger partial charge in [-0.2, -0.15) is 0 Å². The Kier molecular flexibility index (Phi) is 4.48. The molecular weight excluding hydrogens is 288 g/mol. The quantitative estimate of drug-likeness (QED) is 0.695. The van der Waals surface area contributed by atoms with Gasteiger partial charge in [-0.3, -0.25) is 9.78 Å². The van der Waals surface area contributed by atoms with Gasteiger partial charge in [0.25, 0.3) is 0 Å². The summed E-state index contributed by atoms with van der Waals surface area (Å²) in [4.78, 5) is 16.7. The number of nitrogens with two attached hydrogens (primary N) is 1. The molecule has 0 fully saturated rings. The van der Waals surface area contributed by atoms with E-state index in [0.717, 1.165) is 16.9 Å². The van der Waals surface area contributed by atoms with Crippen LogP contribution in [-0.2, 0) is 6.42 Å². The summed E-state index contributed by atoms with van der Waals surface area (Å²) in [5.41, 5.74) is 9.18. The topological polar surface area (TPSA) is 65.2 Å². The van der Waals surface area contributed by atoms with E-state index in [4.69, 9.17) is 22.1 Å². The summed E-state index contributed by atoms with van der Waals surface area (Å²) in [6, 6.07) is 4.84. The van der Waals surface area contributed by atoms with Crippen LogP contribution in [0.1, 0.15) is 27.2 Å². The van der Waals surface area contributed by atoms with Crippen LogP contribution in [0, 0.1) is 13.8 Å². The van der Waals surface area contributed by atoms with E-state index in [1.807, 2.05) is 13.8 Å². The van der Waals surface area contributed by atoms with Gasteiger partial charge in [0.15, 0.2) is 5.78 Å². The number of Topliss-reactive ketones (excluding diaryl/α,β-unsaturated/α-hetero) is 1. The molecule has 1 aromatic heterocycles. The number of rotatable bonds is 4. The molecule has 0 spiro atoms. The highest BCUT2D eigenvalue weighted by Gasteiger charge is 2.15. The van der Waals surface area contributed by atoms with Crippen LogP contribution in [0.15, 0.2) is 24.4 Å². The second-order valence-corrected chi connectivity index (χ2v) is 5.36. The van der Waals surface area contributed by atoms with Gasteiger partial charge in [-0.25, -0.2) is 0 Å². The Morgan fingerprint density at radius 1 is 1.33 bits per heavy atom. The number of halogens is 1. The molecule has 2 rings (SSSR count). The summed E-state index contributed by atoms with van der Waals surface area (Å²) in [6.45, 7) is 3.82. The fraction of sp³-hybridized carbons (Fsp3) is 0.250. The molecule has 2 aromatic rings. The fourth-order valence-corrected chi connectivity index (χ4v) is 2.52. The molecule has 1 aromatic carbocycles. The van der Waals surface area contributed by atoms with Crippen molar-refractivity contribution in [2.45, 2.75) is 20.3 Å². The summed E-state index contributed by atoms with van der Waals surface area (Å²) in [5.74, 6) is 0.684. The lowest BCUT2D eigenvalue weighted by atomic mass is 10.0. The molecule has 0 aliphatic heterocycles. The van der Waals surface area contributed by atoms with Crippen LogP contribution >= 0.6 is 11.6 Å². The van der Waals surface area contributed by atoms with Crippen molar-refractivity contribution < 1.29 is 9.53 Å². The Morgan fingerprint density at radius 2 is 2.05 bits per heavy atom. The highest BCUT2D eigenvalue weighted by Crippen LogP contribution is 2.25. The van der Waals surface area contributed by atoms with Gasteiger partial charge >= 0.3 is 0 Å². The number of pyridine rings is 1. The number of aromatic nitrogens is 1. The molecular formula is C16H17ClN2O2. The van der Waals surface area contributed by atoms with Gasteiger partial charge in [0.2, 0.25) is 0 Å². The van der Waals surface area contributed by atoms with E-state index >= 15 is 0 Å². The molecule has 110 valence electrons. The maximum absolute atomic E-state index is 12.4. The van der Waals surface area contributed by atoms with Crippen molar-refractivity contribution in [2.24, 2.45) is 0 Å². The highest BCUT2D eigenvalue weighted by atomic mass is 35.5. The lowest BCUT2D eigenvalue weighted by Gasteiger charge is -2.12. The lowest BCUT2D eigenvalue weighted by molar-refractivity contribution is 0.0991. The van der Waals surface area contributed by atoms with Crippen molar-refractivity contribution in [1.29, 1.82) is 0 Å². The first-order valence-corrected chi connectivity index (χ1v) is 6.88. The molecule has 2 N–H and O–H groups in total. The molecule has 4 nitrogen and oxygen atoms in total. The van der Waals surface area contributed by atoms with Crippen LogP contribution in [0.4, 0.5) is 5.69 Å². The Balaban J connectivity index is 2.32. The molecule has 0 unspecified atom stereocenters. The summed E-state index contributed by atoms with van der Waals surface area (Å²) in [6.07, 6.45) is 1.89.